The number of fused-ring (bicyclic) bond motifs is 1. The molecule has 0 aromatic heterocycles. The molecule has 1 atom stereocenters. The van der Waals surface area contributed by atoms with Crippen LogP contribution in [0.5, 0.6) is 17.2 Å². The lowest BCUT2D eigenvalue weighted by molar-refractivity contribution is -0.137. The minimum atomic E-state index is -1.12. The number of carboxylic acid groups (broad SMARTS) is 1. The minimum absolute atomic E-state index is 0.0221. The van der Waals surface area contributed by atoms with Crippen molar-refractivity contribution < 1.29 is 33.3 Å². The molecular weight excluding hydrogens is 525 g/mol. The van der Waals surface area contributed by atoms with Crippen LogP contribution >= 0.6 is 11.6 Å². The fraction of sp³-hybridized carbons (Fsp3) is 0.333. The first-order valence-electron chi connectivity index (χ1n) is 12.6. The monoisotopic (exact) mass is 555 g/mol. The molecule has 1 N–H and O–H groups in total. The maximum absolute atomic E-state index is 14.0. The van der Waals surface area contributed by atoms with Crippen molar-refractivity contribution in [3.05, 3.63) is 87.7 Å². The quantitative estimate of drug-likeness (QED) is 0.333. The molecule has 1 aliphatic rings. The van der Waals surface area contributed by atoms with Crippen molar-refractivity contribution >= 4 is 23.5 Å². The Morgan fingerprint density at radius 3 is 2.44 bits per heavy atom. The van der Waals surface area contributed by atoms with Gasteiger partial charge in [0.15, 0.2) is 11.5 Å². The Bertz CT molecular complexity index is 1380. The normalized spacial score (nSPS) is 16.0. The molecule has 39 heavy (non-hydrogen) atoms. The van der Waals surface area contributed by atoms with Crippen LogP contribution in [0.4, 0.5) is 4.39 Å². The van der Waals surface area contributed by atoms with E-state index in [1.54, 1.807) is 30.3 Å². The number of benzene rings is 3. The molecule has 0 radical (unpaired) electrons. The molecule has 1 aliphatic heterocycles. The smallest absolute Gasteiger partial charge is 0.323 e. The number of rotatable bonds is 10. The van der Waals surface area contributed by atoms with Crippen LogP contribution in [0.3, 0.4) is 0 Å². The van der Waals surface area contributed by atoms with Gasteiger partial charge in [0.1, 0.15) is 23.7 Å². The van der Waals surface area contributed by atoms with Gasteiger partial charge < -0.3 is 24.2 Å². The second-order valence-corrected chi connectivity index (χ2v) is 10.6. The minimum Gasteiger partial charge on any atom is -0.493 e. The van der Waals surface area contributed by atoms with Crippen LogP contribution in [0, 0.1) is 5.82 Å². The second-order valence-electron chi connectivity index (χ2n) is 10.2. The van der Waals surface area contributed by atoms with E-state index in [4.69, 9.17) is 25.8 Å². The summed E-state index contributed by atoms with van der Waals surface area (Å²) in [6, 6.07) is 15.1. The molecule has 1 amide bonds. The number of carbonyl (C=O) groups is 2. The van der Waals surface area contributed by atoms with Gasteiger partial charge in [0, 0.05) is 30.5 Å². The number of halogens is 2. The third kappa shape index (κ3) is 6.81. The summed E-state index contributed by atoms with van der Waals surface area (Å²) in [4.78, 5) is 26.5. The van der Waals surface area contributed by atoms with Gasteiger partial charge in [0.2, 0.25) is 0 Å². The Balaban J connectivity index is 1.57. The van der Waals surface area contributed by atoms with Crippen molar-refractivity contribution in [1.29, 1.82) is 0 Å². The Morgan fingerprint density at radius 1 is 1.13 bits per heavy atom. The SMILES string of the molecule is COc1cc(C(=O)N(CC(=O)O)Cc2ccc(OC(C)C)cc2)cc2c1O[C@](C)(Cc1ccc(Cl)c(F)c1)C2. The largest absolute Gasteiger partial charge is 0.493 e. The standard InChI is InChI=1S/C30H31ClFNO6/c1-18(2)38-23-8-5-19(6-9-23)16-33(17-27(34)35)29(36)21-12-22-15-30(3,39-28(22)26(13-21)37-4)14-20-7-10-24(31)25(32)11-20/h5-13,18H,14-17H2,1-4H3,(H,34,35)/t30-/m1/s1. The highest BCUT2D eigenvalue weighted by molar-refractivity contribution is 6.30. The van der Waals surface area contributed by atoms with Gasteiger partial charge >= 0.3 is 5.97 Å². The number of carbonyl (C=O) groups excluding carboxylic acids is 1. The van der Waals surface area contributed by atoms with Crippen LogP contribution in [0.1, 0.15) is 47.8 Å². The summed E-state index contributed by atoms with van der Waals surface area (Å²) >= 11 is 5.82. The highest BCUT2D eigenvalue weighted by Crippen LogP contribution is 2.44. The molecule has 0 spiro atoms. The van der Waals surface area contributed by atoms with Crippen LogP contribution in [0.15, 0.2) is 54.6 Å². The fourth-order valence-corrected chi connectivity index (χ4v) is 4.88. The molecule has 0 unspecified atom stereocenters. The average Bonchev–Trinajstić information content (AvgIpc) is 3.21. The number of hydrogen-bond acceptors (Lipinski definition) is 5. The van der Waals surface area contributed by atoms with Gasteiger partial charge in [0.05, 0.1) is 18.2 Å². The van der Waals surface area contributed by atoms with Crippen LogP contribution < -0.4 is 14.2 Å². The van der Waals surface area contributed by atoms with Crippen molar-refractivity contribution in [3.8, 4) is 17.2 Å². The van der Waals surface area contributed by atoms with Crippen LogP contribution in [0.25, 0.3) is 0 Å². The molecule has 0 saturated heterocycles. The molecule has 1 heterocycles. The van der Waals surface area contributed by atoms with Gasteiger partial charge in [-0.3, -0.25) is 9.59 Å². The van der Waals surface area contributed by atoms with Gasteiger partial charge in [-0.05, 0) is 68.3 Å². The first-order valence-corrected chi connectivity index (χ1v) is 12.9. The Morgan fingerprint density at radius 2 is 1.82 bits per heavy atom. The predicted octanol–water partition coefficient (Wildman–Crippen LogP) is 5.94. The molecule has 9 heteroatoms. The molecule has 3 aromatic rings. The zero-order valence-electron chi connectivity index (χ0n) is 22.3. The highest BCUT2D eigenvalue weighted by atomic mass is 35.5. The fourth-order valence-electron chi connectivity index (χ4n) is 4.76. The predicted molar refractivity (Wildman–Crippen MR) is 145 cm³/mol. The van der Waals surface area contributed by atoms with Crippen LogP contribution in [-0.4, -0.2) is 47.2 Å². The van der Waals surface area contributed by atoms with Gasteiger partial charge in [-0.25, -0.2) is 4.39 Å². The maximum Gasteiger partial charge on any atom is 0.323 e. The number of ether oxygens (including phenoxy) is 3. The van der Waals surface area contributed by atoms with Crippen molar-refractivity contribution in [2.45, 2.75) is 51.9 Å². The number of methoxy groups -OCH3 is 1. The third-order valence-electron chi connectivity index (χ3n) is 6.36. The van der Waals surface area contributed by atoms with E-state index in [1.807, 2.05) is 32.9 Å². The highest BCUT2D eigenvalue weighted by Gasteiger charge is 2.38. The van der Waals surface area contributed by atoms with E-state index in [-0.39, 0.29) is 23.2 Å². The van der Waals surface area contributed by atoms with Crippen LogP contribution in [-0.2, 0) is 24.2 Å². The first kappa shape index (κ1) is 28.2. The lowest BCUT2D eigenvalue weighted by Crippen LogP contribution is -2.35. The Kier molecular flexibility index (Phi) is 8.35. The van der Waals surface area contributed by atoms with E-state index in [2.05, 4.69) is 0 Å². The second kappa shape index (κ2) is 11.5. The third-order valence-corrected chi connectivity index (χ3v) is 6.66. The van der Waals surface area contributed by atoms with E-state index in [0.717, 1.165) is 16.7 Å². The summed E-state index contributed by atoms with van der Waals surface area (Å²) in [5.74, 6) is -0.502. The van der Waals surface area contributed by atoms with Crippen molar-refractivity contribution in [1.82, 2.24) is 4.90 Å². The zero-order chi connectivity index (χ0) is 28.3. The molecule has 7 nitrogen and oxygen atoms in total. The number of amides is 1. The van der Waals surface area contributed by atoms with Crippen molar-refractivity contribution in [2.24, 2.45) is 0 Å². The Hall–Kier alpha value is -3.78. The molecule has 0 saturated carbocycles. The lowest BCUT2D eigenvalue weighted by atomic mass is 9.91. The summed E-state index contributed by atoms with van der Waals surface area (Å²) in [7, 11) is 1.48. The summed E-state index contributed by atoms with van der Waals surface area (Å²) in [6.07, 6.45) is 0.874. The zero-order valence-corrected chi connectivity index (χ0v) is 23.0. The topological polar surface area (TPSA) is 85.3 Å². The summed E-state index contributed by atoms with van der Waals surface area (Å²) < 4.78 is 31.5. The lowest BCUT2D eigenvalue weighted by Gasteiger charge is -2.24. The van der Waals surface area contributed by atoms with E-state index in [1.165, 1.54) is 24.1 Å². The number of carboxylic acids is 1. The summed E-state index contributed by atoms with van der Waals surface area (Å²) in [5.41, 5.74) is 1.81. The van der Waals surface area contributed by atoms with Gasteiger partial charge in [0.25, 0.3) is 5.91 Å². The van der Waals surface area contributed by atoms with E-state index in [9.17, 15) is 19.1 Å². The summed E-state index contributed by atoms with van der Waals surface area (Å²) in [5, 5.41) is 9.56. The van der Waals surface area contributed by atoms with E-state index in [0.29, 0.717) is 30.1 Å². The molecular formula is C30H31ClFNO6. The molecule has 0 bridgehead atoms. The molecule has 4 rings (SSSR count). The molecule has 0 aliphatic carbocycles. The molecule has 3 aromatic carbocycles. The number of hydrogen-bond donors (Lipinski definition) is 1. The van der Waals surface area contributed by atoms with Crippen LogP contribution in [0.2, 0.25) is 5.02 Å². The average molecular weight is 556 g/mol. The van der Waals surface area contributed by atoms with Crippen molar-refractivity contribution in [2.75, 3.05) is 13.7 Å². The van der Waals surface area contributed by atoms with E-state index >= 15 is 0 Å². The number of aliphatic carboxylic acids is 1. The van der Waals surface area contributed by atoms with Gasteiger partial charge in [-0.2, -0.15) is 0 Å². The Labute approximate surface area is 232 Å². The molecule has 206 valence electrons. The number of nitrogens with zero attached hydrogens (tertiary/aromatic N) is 1. The first-order chi connectivity index (χ1) is 18.5. The maximum atomic E-state index is 14.0. The van der Waals surface area contributed by atoms with Crippen molar-refractivity contribution in [3.63, 3.8) is 0 Å². The van der Waals surface area contributed by atoms with E-state index < -0.39 is 29.8 Å². The molecule has 0 fully saturated rings. The van der Waals surface area contributed by atoms with Gasteiger partial charge in [-0.15, -0.1) is 0 Å². The van der Waals surface area contributed by atoms with Gasteiger partial charge in [-0.1, -0.05) is 29.8 Å². The summed E-state index contributed by atoms with van der Waals surface area (Å²) in [6.45, 7) is 5.39.